The van der Waals surface area contributed by atoms with Crippen LogP contribution in [0.15, 0.2) is 12.7 Å². The second-order valence-corrected chi connectivity index (χ2v) is 3.67. The molecule has 0 rings (SSSR count). The summed E-state index contributed by atoms with van der Waals surface area (Å²) in [6.45, 7) is 8.77. The molecule has 0 aliphatic rings. The molecule has 14 heavy (non-hydrogen) atoms. The standard InChI is InChI=1S/C11H22N2O/c1-5-6-9(2)10(3)13-8-7-11(14)12-4/h5,9-10,13H,1,6-8H2,2-4H3,(H,12,14). The first-order valence-corrected chi connectivity index (χ1v) is 5.16. The van der Waals surface area contributed by atoms with Gasteiger partial charge in [0.1, 0.15) is 0 Å². The third kappa shape index (κ3) is 5.75. The third-order valence-electron chi connectivity index (χ3n) is 2.49. The molecule has 0 fully saturated rings. The average molecular weight is 198 g/mol. The van der Waals surface area contributed by atoms with Gasteiger partial charge >= 0.3 is 0 Å². The van der Waals surface area contributed by atoms with E-state index in [2.05, 4.69) is 31.1 Å². The smallest absolute Gasteiger partial charge is 0.221 e. The zero-order chi connectivity index (χ0) is 11.0. The minimum absolute atomic E-state index is 0.0843. The lowest BCUT2D eigenvalue weighted by atomic mass is 10.00. The molecular formula is C11H22N2O. The van der Waals surface area contributed by atoms with Crippen molar-refractivity contribution in [2.24, 2.45) is 5.92 Å². The highest BCUT2D eigenvalue weighted by Gasteiger charge is 2.09. The van der Waals surface area contributed by atoms with Crippen LogP contribution in [0.4, 0.5) is 0 Å². The molecule has 2 unspecified atom stereocenters. The van der Waals surface area contributed by atoms with E-state index in [1.807, 2.05) is 6.08 Å². The van der Waals surface area contributed by atoms with E-state index in [0.29, 0.717) is 18.4 Å². The van der Waals surface area contributed by atoms with E-state index in [9.17, 15) is 4.79 Å². The maximum atomic E-state index is 10.9. The number of nitrogens with one attached hydrogen (secondary N) is 2. The topological polar surface area (TPSA) is 41.1 Å². The fourth-order valence-corrected chi connectivity index (χ4v) is 1.21. The Morgan fingerprint density at radius 1 is 1.50 bits per heavy atom. The largest absolute Gasteiger partial charge is 0.359 e. The van der Waals surface area contributed by atoms with E-state index < -0.39 is 0 Å². The second-order valence-electron chi connectivity index (χ2n) is 3.67. The van der Waals surface area contributed by atoms with Crippen molar-refractivity contribution in [1.29, 1.82) is 0 Å². The van der Waals surface area contributed by atoms with Gasteiger partial charge in [0, 0.05) is 26.1 Å². The molecule has 0 heterocycles. The number of allylic oxidation sites excluding steroid dienone is 1. The van der Waals surface area contributed by atoms with E-state index in [0.717, 1.165) is 13.0 Å². The molecule has 0 aliphatic carbocycles. The van der Waals surface area contributed by atoms with Crippen molar-refractivity contribution in [3.8, 4) is 0 Å². The van der Waals surface area contributed by atoms with Crippen LogP contribution in [0.5, 0.6) is 0 Å². The van der Waals surface area contributed by atoms with Crippen LogP contribution in [0, 0.1) is 5.92 Å². The van der Waals surface area contributed by atoms with Crippen LogP contribution in [0.25, 0.3) is 0 Å². The Labute approximate surface area is 87.0 Å². The second kappa shape index (κ2) is 7.56. The SMILES string of the molecule is C=CCC(C)C(C)NCCC(=O)NC. The highest BCUT2D eigenvalue weighted by atomic mass is 16.1. The van der Waals surface area contributed by atoms with Crippen LogP contribution in [-0.2, 0) is 4.79 Å². The van der Waals surface area contributed by atoms with Crippen LogP contribution in [0.2, 0.25) is 0 Å². The minimum atomic E-state index is 0.0843. The molecule has 2 N–H and O–H groups in total. The number of hydrogen-bond acceptors (Lipinski definition) is 2. The fourth-order valence-electron chi connectivity index (χ4n) is 1.21. The van der Waals surface area contributed by atoms with Crippen molar-refractivity contribution >= 4 is 5.91 Å². The molecule has 2 atom stereocenters. The number of hydrogen-bond donors (Lipinski definition) is 2. The summed E-state index contributed by atoms with van der Waals surface area (Å²) in [5.41, 5.74) is 0. The zero-order valence-corrected chi connectivity index (χ0v) is 9.47. The molecule has 1 amide bonds. The van der Waals surface area contributed by atoms with Crippen molar-refractivity contribution in [2.75, 3.05) is 13.6 Å². The molecular weight excluding hydrogens is 176 g/mol. The van der Waals surface area contributed by atoms with E-state index in [-0.39, 0.29) is 5.91 Å². The molecule has 0 saturated heterocycles. The van der Waals surface area contributed by atoms with Crippen molar-refractivity contribution in [1.82, 2.24) is 10.6 Å². The summed E-state index contributed by atoms with van der Waals surface area (Å²) in [4.78, 5) is 10.9. The average Bonchev–Trinajstić information content (AvgIpc) is 2.17. The summed E-state index contributed by atoms with van der Waals surface area (Å²) >= 11 is 0. The molecule has 0 radical (unpaired) electrons. The molecule has 0 aromatic carbocycles. The molecule has 0 aromatic rings. The van der Waals surface area contributed by atoms with Gasteiger partial charge in [-0.15, -0.1) is 6.58 Å². The summed E-state index contributed by atoms with van der Waals surface area (Å²) in [6.07, 6.45) is 3.48. The lowest BCUT2D eigenvalue weighted by molar-refractivity contribution is -0.120. The van der Waals surface area contributed by atoms with Gasteiger partial charge in [-0.3, -0.25) is 4.79 Å². The zero-order valence-electron chi connectivity index (χ0n) is 9.47. The monoisotopic (exact) mass is 198 g/mol. The first-order chi connectivity index (χ1) is 6.61. The first kappa shape index (κ1) is 13.2. The maximum Gasteiger partial charge on any atom is 0.221 e. The summed E-state index contributed by atoms with van der Waals surface area (Å²) in [5, 5.41) is 5.92. The minimum Gasteiger partial charge on any atom is -0.359 e. The van der Waals surface area contributed by atoms with Gasteiger partial charge < -0.3 is 10.6 Å². The summed E-state index contributed by atoms with van der Waals surface area (Å²) in [7, 11) is 1.66. The van der Waals surface area contributed by atoms with Gasteiger partial charge in [0.25, 0.3) is 0 Å². The van der Waals surface area contributed by atoms with Gasteiger partial charge in [-0.2, -0.15) is 0 Å². The van der Waals surface area contributed by atoms with E-state index in [4.69, 9.17) is 0 Å². The van der Waals surface area contributed by atoms with Gasteiger partial charge in [-0.25, -0.2) is 0 Å². The lowest BCUT2D eigenvalue weighted by Crippen LogP contribution is -2.34. The van der Waals surface area contributed by atoms with Crippen LogP contribution >= 0.6 is 0 Å². The van der Waals surface area contributed by atoms with E-state index >= 15 is 0 Å². The number of rotatable bonds is 7. The Balaban J connectivity index is 3.57. The number of amides is 1. The Hall–Kier alpha value is -0.830. The Kier molecular flexibility index (Phi) is 7.11. The van der Waals surface area contributed by atoms with Gasteiger partial charge in [0.05, 0.1) is 0 Å². The molecule has 82 valence electrons. The lowest BCUT2D eigenvalue weighted by Gasteiger charge is -2.19. The van der Waals surface area contributed by atoms with Crippen LogP contribution in [0.3, 0.4) is 0 Å². The van der Waals surface area contributed by atoms with Crippen LogP contribution in [0.1, 0.15) is 26.7 Å². The highest BCUT2D eigenvalue weighted by Crippen LogP contribution is 2.07. The predicted octanol–water partition coefficient (Wildman–Crippen LogP) is 1.31. The predicted molar refractivity (Wildman–Crippen MR) is 60.1 cm³/mol. The summed E-state index contributed by atoms with van der Waals surface area (Å²) < 4.78 is 0. The van der Waals surface area contributed by atoms with Crippen molar-refractivity contribution in [2.45, 2.75) is 32.7 Å². The van der Waals surface area contributed by atoms with Crippen molar-refractivity contribution in [3.05, 3.63) is 12.7 Å². The Morgan fingerprint density at radius 3 is 2.64 bits per heavy atom. The molecule has 0 bridgehead atoms. The van der Waals surface area contributed by atoms with E-state index in [1.165, 1.54) is 0 Å². The molecule has 0 aliphatic heterocycles. The molecule has 0 aromatic heterocycles. The normalized spacial score (nSPS) is 14.5. The number of carbonyl (C=O) groups is 1. The van der Waals surface area contributed by atoms with Crippen LogP contribution < -0.4 is 10.6 Å². The van der Waals surface area contributed by atoms with E-state index in [1.54, 1.807) is 7.05 Å². The molecule has 3 heteroatoms. The summed E-state index contributed by atoms with van der Waals surface area (Å²) in [6, 6.07) is 0.428. The van der Waals surface area contributed by atoms with Crippen molar-refractivity contribution in [3.63, 3.8) is 0 Å². The highest BCUT2D eigenvalue weighted by molar-refractivity contribution is 5.75. The van der Waals surface area contributed by atoms with Gasteiger partial charge in [0.15, 0.2) is 0 Å². The Bertz CT molecular complexity index is 180. The maximum absolute atomic E-state index is 10.9. The number of carbonyl (C=O) groups excluding carboxylic acids is 1. The molecule has 3 nitrogen and oxygen atoms in total. The molecule has 0 saturated carbocycles. The fraction of sp³-hybridized carbons (Fsp3) is 0.727. The van der Waals surface area contributed by atoms with Crippen LogP contribution in [-0.4, -0.2) is 25.5 Å². The summed E-state index contributed by atoms with van der Waals surface area (Å²) in [5.74, 6) is 0.651. The van der Waals surface area contributed by atoms with Gasteiger partial charge in [-0.1, -0.05) is 13.0 Å². The Morgan fingerprint density at radius 2 is 2.14 bits per heavy atom. The van der Waals surface area contributed by atoms with Crippen molar-refractivity contribution < 1.29 is 4.79 Å². The van der Waals surface area contributed by atoms with Gasteiger partial charge in [0.2, 0.25) is 5.91 Å². The van der Waals surface area contributed by atoms with Gasteiger partial charge in [-0.05, 0) is 19.3 Å². The third-order valence-corrected chi connectivity index (χ3v) is 2.49. The molecule has 0 spiro atoms. The first-order valence-electron chi connectivity index (χ1n) is 5.16. The quantitative estimate of drug-likeness (QED) is 0.606.